The lowest BCUT2D eigenvalue weighted by molar-refractivity contribution is 0.324. The van der Waals surface area contributed by atoms with Gasteiger partial charge in [0.05, 0.1) is 6.61 Å². The smallest absolute Gasteiger partial charge is 0.0644 e. The summed E-state index contributed by atoms with van der Waals surface area (Å²) in [7, 11) is 0. The van der Waals surface area contributed by atoms with Crippen molar-refractivity contribution in [3.63, 3.8) is 0 Å². The van der Waals surface area contributed by atoms with E-state index in [0.29, 0.717) is 0 Å². The molecule has 0 unspecified atom stereocenters. The van der Waals surface area contributed by atoms with Crippen LogP contribution in [0.25, 0.3) is 0 Å². The minimum Gasteiger partial charge on any atom is -0.392 e. The summed E-state index contributed by atoms with van der Waals surface area (Å²) >= 11 is 0. The molecule has 0 saturated carbocycles. The average molecular weight is 142 g/mol. The van der Waals surface area contributed by atoms with Gasteiger partial charge in [-0.2, -0.15) is 0 Å². The van der Waals surface area contributed by atoms with E-state index in [1.165, 1.54) is 24.0 Å². The number of hydrogen-bond acceptors (Lipinski definition) is 1. The minimum absolute atomic E-state index is 0.238. The maximum Gasteiger partial charge on any atom is 0.0644 e. The highest BCUT2D eigenvalue weighted by molar-refractivity contribution is 5.09. The average Bonchev–Trinajstić information content (AvgIpc) is 1.89. The first-order valence-electron chi connectivity index (χ1n) is 3.98. The highest BCUT2D eigenvalue weighted by atomic mass is 16.3. The summed E-state index contributed by atoms with van der Waals surface area (Å²) in [6, 6.07) is 0. The van der Waals surface area contributed by atoms with E-state index in [1.807, 2.05) is 0 Å². The first kappa shape index (κ1) is 9.70. The molecule has 1 nitrogen and oxygen atoms in total. The van der Waals surface area contributed by atoms with Crippen LogP contribution in [0.4, 0.5) is 0 Å². The summed E-state index contributed by atoms with van der Waals surface area (Å²) in [6.45, 7) is 6.52. The molecule has 0 aromatic rings. The Balaban J connectivity index is 3.73. The second-order valence-corrected chi connectivity index (χ2v) is 2.87. The Morgan fingerprint density at radius 1 is 1.30 bits per heavy atom. The van der Waals surface area contributed by atoms with E-state index in [0.717, 1.165) is 6.42 Å². The molecule has 0 radical (unpaired) electrons. The Labute approximate surface area is 63.8 Å². The van der Waals surface area contributed by atoms with Gasteiger partial charge in [0.2, 0.25) is 0 Å². The van der Waals surface area contributed by atoms with Crippen molar-refractivity contribution in [2.24, 2.45) is 0 Å². The van der Waals surface area contributed by atoms with Crippen LogP contribution in [0.3, 0.4) is 0 Å². The van der Waals surface area contributed by atoms with Gasteiger partial charge in [0.25, 0.3) is 0 Å². The number of unbranched alkanes of at least 4 members (excludes halogenated alkanes) is 1. The molecule has 0 fully saturated rings. The molecular formula is C9H18O. The van der Waals surface area contributed by atoms with Crippen LogP contribution in [0, 0.1) is 0 Å². The lowest BCUT2D eigenvalue weighted by Gasteiger charge is -2.04. The molecule has 0 heterocycles. The molecule has 60 valence electrons. The van der Waals surface area contributed by atoms with E-state index in [-0.39, 0.29) is 6.61 Å². The monoisotopic (exact) mass is 142 g/mol. The molecule has 1 heteroatoms. The normalized spacial score (nSPS) is 9.60. The van der Waals surface area contributed by atoms with E-state index in [1.54, 1.807) is 0 Å². The van der Waals surface area contributed by atoms with Crippen LogP contribution in [0.5, 0.6) is 0 Å². The van der Waals surface area contributed by atoms with E-state index in [9.17, 15) is 0 Å². The van der Waals surface area contributed by atoms with Crippen LogP contribution in [0.2, 0.25) is 0 Å². The molecule has 0 amide bonds. The van der Waals surface area contributed by atoms with Gasteiger partial charge < -0.3 is 5.11 Å². The summed E-state index contributed by atoms with van der Waals surface area (Å²) in [5, 5.41) is 8.87. The van der Waals surface area contributed by atoms with Crippen molar-refractivity contribution in [3.05, 3.63) is 11.1 Å². The van der Waals surface area contributed by atoms with Crippen molar-refractivity contribution in [2.45, 2.75) is 40.0 Å². The summed E-state index contributed by atoms with van der Waals surface area (Å²) in [6.07, 6.45) is 3.47. The fraction of sp³-hybridized carbons (Fsp3) is 0.778. The maximum atomic E-state index is 8.87. The lowest BCUT2D eigenvalue weighted by atomic mass is 10.1. The Bertz CT molecular complexity index is 110. The summed E-state index contributed by atoms with van der Waals surface area (Å²) in [5.74, 6) is 0. The highest BCUT2D eigenvalue weighted by Gasteiger charge is 1.95. The molecule has 0 bridgehead atoms. The van der Waals surface area contributed by atoms with Crippen molar-refractivity contribution in [1.82, 2.24) is 0 Å². The van der Waals surface area contributed by atoms with Gasteiger partial charge in [-0.05, 0) is 32.3 Å². The molecule has 0 rings (SSSR count). The molecular weight excluding hydrogens is 124 g/mol. The summed E-state index contributed by atoms with van der Waals surface area (Å²) in [4.78, 5) is 0. The van der Waals surface area contributed by atoms with Gasteiger partial charge in [0.1, 0.15) is 0 Å². The second-order valence-electron chi connectivity index (χ2n) is 2.87. The second kappa shape index (κ2) is 5.48. The van der Waals surface area contributed by atoms with Gasteiger partial charge in [-0.25, -0.2) is 0 Å². The van der Waals surface area contributed by atoms with Crippen LogP contribution in [0.1, 0.15) is 40.0 Å². The fourth-order valence-corrected chi connectivity index (χ4v) is 0.877. The molecule has 1 N–H and O–H groups in total. The topological polar surface area (TPSA) is 20.2 Å². The number of hydrogen-bond donors (Lipinski definition) is 1. The minimum atomic E-state index is 0.238. The van der Waals surface area contributed by atoms with E-state index in [4.69, 9.17) is 5.11 Å². The van der Waals surface area contributed by atoms with E-state index < -0.39 is 0 Å². The molecule has 0 atom stereocenters. The fourth-order valence-electron chi connectivity index (χ4n) is 0.877. The van der Waals surface area contributed by atoms with E-state index >= 15 is 0 Å². The number of aliphatic hydroxyl groups is 1. The van der Waals surface area contributed by atoms with Crippen molar-refractivity contribution in [3.8, 4) is 0 Å². The van der Waals surface area contributed by atoms with Gasteiger partial charge in [-0.15, -0.1) is 0 Å². The van der Waals surface area contributed by atoms with Gasteiger partial charge in [0, 0.05) is 0 Å². The standard InChI is InChI=1S/C9H18O/c1-4-5-6-9(7-10)8(2)3/h10H,4-7H2,1-3H3. The van der Waals surface area contributed by atoms with Gasteiger partial charge >= 0.3 is 0 Å². The zero-order valence-electron chi connectivity index (χ0n) is 7.28. The first-order chi connectivity index (χ1) is 4.72. The quantitative estimate of drug-likeness (QED) is 0.598. The zero-order chi connectivity index (χ0) is 7.98. The maximum absolute atomic E-state index is 8.87. The molecule has 0 aliphatic rings. The van der Waals surface area contributed by atoms with Crippen molar-refractivity contribution in [1.29, 1.82) is 0 Å². The van der Waals surface area contributed by atoms with Crippen LogP contribution < -0.4 is 0 Å². The van der Waals surface area contributed by atoms with Crippen LogP contribution in [-0.2, 0) is 0 Å². The third kappa shape index (κ3) is 3.67. The van der Waals surface area contributed by atoms with E-state index in [2.05, 4.69) is 20.8 Å². The third-order valence-corrected chi connectivity index (χ3v) is 1.73. The Morgan fingerprint density at radius 2 is 1.90 bits per heavy atom. The van der Waals surface area contributed by atoms with Gasteiger partial charge in [0.15, 0.2) is 0 Å². The highest BCUT2D eigenvalue weighted by Crippen LogP contribution is 2.10. The molecule has 10 heavy (non-hydrogen) atoms. The van der Waals surface area contributed by atoms with Crippen LogP contribution in [-0.4, -0.2) is 11.7 Å². The van der Waals surface area contributed by atoms with Gasteiger partial charge in [-0.1, -0.05) is 18.9 Å². The zero-order valence-corrected chi connectivity index (χ0v) is 7.28. The predicted octanol–water partition coefficient (Wildman–Crippen LogP) is 2.51. The molecule has 0 aromatic heterocycles. The van der Waals surface area contributed by atoms with Crippen LogP contribution in [0.15, 0.2) is 11.1 Å². The molecule has 0 aliphatic carbocycles. The van der Waals surface area contributed by atoms with Crippen molar-refractivity contribution >= 4 is 0 Å². The van der Waals surface area contributed by atoms with Gasteiger partial charge in [-0.3, -0.25) is 0 Å². The Morgan fingerprint density at radius 3 is 2.20 bits per heavy atom. The summed E-state index contributed by atoms with van der Waals surface area (Å²) in [5.41, 5.74) is 2.48. The number of rotatable bonds is 4. The third-order valence-electron chi connectivity index (χ3n) is 1.73. The number of allylic oxidation sites excluding steroid dienone is 1. The van der Waals surface area contributed by atoms with Crippen molar-refractivity contribution < 1.29 is 5.11 Å². The number of aliphatic hydroxyl groups excluding tert-OH is 1. The molecule has 0 aromatic carbocycles. The molecule has 0 spiro atoms. The SMILES string of the molecule is CCCCC(CO)=C(C)C. The lowest BCUT2D eigenvalue weighted by Crippen LogP contribution is -1.92. The summed E-state index contributed by atoms with van der Waals surface area (Å²) < 4.78 is 0. The predicted molar refractivity (Wildman–Crippen MR) is 45.0 cm³/mol. The Hall–Kier alpha value is -0.300. The Kier molecular flexibility index (Phi) is 5.32. The molecule has 0 saturated heterocycles. The van der Waals surface area contributed by atoms with Crippen molar-refractivity contribution in [2.75, 3.05) is 6.61 Å². The molecule has 0 aliphatic heterocycles. The first-order valence-corrected chi connectivity index (χ1v) is 3.98. The largest absolute Gasteiger partial charge is 0.392 e. The van der Waals surface area contributed by atoms with Crippen LogP contribution >= 0.6 is 0 Å².